The predicted molar refractivity (Wildman–Crippen MR) is 75.3 cm³/mol. The molecule has 2 heterocycles. The van der Waals surface area contributed by atoms with E-state index in [0.29, 0.717) is 5.88 Å². The van der Waals surface area contributed by atoms with Gasteiger partial charge in [0.25, 0.3) is 0 Å². The molecule has 4 nitrogen and oxygen atoms in total. The summed E-state index contributed by atoms with van der Waals surface area (Å²) >= 11 is 0. The number of nitrogens with two attached hydrogens (primary N) is 1. The van der Waals surface area contributed by atoms with Crippen molar-refractivity contribution < 1.29 is 4.74 Å². The third-order valence-electron chi connectivity index (χ3n) is 2.90. The number of hydrogen-bond acceptors (Lipinski definition) is 4. The van der Waals surface area contributed by atoms with E-state index in [1.54, 1.807) is 6.20 Å². The molecule has 0 fully saturated rings. The van der Waals surface area contributed by atoms with Crippen LogP contribution in [0.25, 0.3) is 0 Å². The van der Waals surface area contributed by atoms with Crippen LogP contribution < -0.4 is 10.5 Å². The van der Waals surface area contributed by atoms with Gasteiger partial charge in [-0.2, -0.15) is 0 Å². The van der Waals surface area contributed by atoms with Gasteiger partial charge in [-0.15, -0.1) is 0 Å². The Kier molecular flexibility index (Phi) is 4.12. The first-order chi connectivity index (χ1) is 9.11. The first-order valence-electron chi connectivity index (χ1n) is 6.46. The number of pyridine rings is 2. The first kappa shape index (κ1) is 13.5. The Morgan fingerprint density at radius 1 is 1.32 bits per heavy atom. The van der Waals surface area contributed by atoms with Crippen molar-refractivity contribution in [3.05, 3.63) is 47.4 Å². The SMILES string of the molecule is CCc1nc(C)ccc1Oc1ncccc1[C@@H](C)N. The lowest BCUT2D eigenvalue weighted by Crippen LogP contribution is -2.08. The molecule has 0 amide bonds. The number of ether oxygens (including phenoxy) is 1. The molecule has 100 valence electrons. The minimum atomic E-state index is -0.118. The number of rotatable bonds is 4. The minimum absolute atomic E-state index is 0.118. The summed E-state index contributed by atoms with van der Waals surface area (Å²) in [6.07, 6.45) is 2.52. The maximum absolute atomic E-state index is 5.93. The van der Waals surface area contributed by atoms with Crippen molar-refractivity contribution in [3.8, 4) is 11.6 Å². The van der Waals surface area contributed by atoms with E-state index >= 15 is 0 Å². The summed E-state index contributed by atoms with van der Waals surface area (Å²) < 4.78 is 5.89. The van der Waals surface area contributed by atoms with Crippen LogP contribution in [0.15, 0.2) is 30.5 Å². The third kappa shape index (κ3) is 3.09. The van der Waals surface area contributed by atoms with E-state index < -0.39 is 0 Å². The highest BCUT2D eigenvalue weighted by Gasteiger charge is 2.12. The van der Waals surface area contributed by atoms with Crippen LogP contribution in [0.1, 0.15) is 36.8 Å². The second kappa shape index (κ2) is 5.80. The predicted octanol–water partition coefficient (Wildman–Crippen LogP) is 3.16. The topological polar surface area (TPSA) is 61.0 Å². The van der Waals surface area contributed by atoms with Gasteiger partial charge in [0.2, 0.25) is 5.88 Å². The summed E-state index contributed by atoms with van der Waals surface area (Å²) in [5.41, 5.74) is 8.74. The molecule has 4 heteroatoms. The van der Waals surface area contributed by atoms with Crippen molar-refractivity contribution in [3.63, 3.8) is 0 Å². The minimum Gasteiger partial charge on any atom is -0.437 e. The zero-order valence-electron chi connectivity index (χ0n) is 11.6. The van der Waals surface area contributed by atoms with Crippen molar-refractivity contribution in [2.75, 3.05) is 0 Å². The summed E-state index contributed by atoms with van der Waals surface area (Å²) in [6.45, 7) is 5.94. The summed E-state index contributed by atoms with van der Waals surface area (Å²) in [6, 6.07) is 7.54. The zero-order valence-corrected chi connectivity index (χ0v) is 11.6. The van der Waals surface area contributed by atoms with Crippen molar-refractivity contribution in [2.24, 2.45) is 5.73 Å². The lowest BCUT2D eigenvalue weighted by molar-refractivity contribution is 0.444. The van der Waals surface area contributed by atoms with E-state index in [2.05, 4.69) is 16.9 Å². The van der Waals surface area contributed by atoms with Crippen LogP contribution >= 0.6 is 0 Å². The summed E-state index contributed by atoms with van der Waals surface area (Å²) in [5, 5.41) is 0. The van der Waals surface area contributed by atoms with Crippen molar-refractivity contribution in [2.45, 2.75) is 33.2 Å². The molecule has 1 atom stereocenters. The summed E-state index contributed by atoms with van der Waals surface area (Å²) in [4.78, 5) is 8.74. The second-order valence-corrected chi connectivity index (χ2v) is 4.54. The maximum atomic E-state index is 5.93. The Morgan fingerprint density at radius 2 is 2.11 bits per heavy atom. The molecule has 0 saturated carbocycles. The third-order valence-corrected chi connectivity index (χ3v) is 2.90. The van der Waals surface area contributed by atoms with E-state index in [0.717, 1.165) is 29.1 Å². The fourth-order valence-electron chi connectivity index (χ4n) is 1.88. The van der Waals surface area contributed by atoms with Gasteiger partial charge in [-0.1, -0.05) is 13.0 Å². The summed E-state index contributed by atoms with van der Waals surface area (Å²) in [7, 11) is 0. The fraction of sp³-hybridized carbons (Fsp3) is 0.333. The normalized spacial score (nSPS) is 12.2. The highest BCUT2D eigenvalue weighted by molar-refractivity contribution is 5.36. The molecule has 2 aromatic rings. The van der Waals surface area contributed by atoms with Gasteiger partial charge >= 0.3 is 0 Å². The van der Waals surface area contributed by atoms with Crippen LogP contribution in [0.3, 0.4) is 0 Å². The molecule has 0 aliphatic heterocycles. The van der Waals surface area contributed by atoms with Gasteiger partial charge in [0.05, 0.1) is 5.69 Å². The number of hydrogen-bond donors (Lipinski definition) is 1. The Bertz CT molecular complexity index is 567. The first-order valence-corrected chi connectivity index (χ1v) is 6.46. The van der Waals surface area contributed by atoms with Gasteiger partial charge in [-0.25, -0.2) is 4.98 Å². The highest BCUT2D eigenvalue weighted by atomic mass is 16.5. The molecule has 2 aromatic heterocycles. The molecule has 0 unspecified atom stereocenters. The van der Waals surface area contributed by atoms with Crippen LogP contribution in [0.4, 0.5) is 0 Å². The number of aryl methyl sites for hydroxylation is 2. The Hall–Kier alpha value is -1.94. The van der Waals surface area contributed by atoms with Crippen molar-refractivity contribution >= 4 is 0 Å². The number of nitrogens with zero attached hydrogens (tertiary/aromatic N) is 2. The second-order valence-electron chi connectivity index (χ2n) is 4.54. The molecule has 0 saturated heterocycles. The molecule has 0 spiro atoms. The molecule has 2 rings (SSSR count). The summed E-state index contributed by atoms with van der Waals surface area (Å²) in [5.74, 6) is 1.30. The molecule has 19 heavy (non-hydrogen) atoms. The van der Waals surface area contributed by atoms with Crippen LogP contribution in [-0.2, 0) is 6.42 Å². The lowest BCUT2D eigenvalue weighted by Gasteiger charge is -2.14. The molecule has 0 aliphatic rings. The molecule has 0 aliphatic carbocycles. The molecule has 2 N–H and O–H groups in total. The lowest BCUT2D eigenvalue weighted by atomic mass is 10.1. The molecule has 0 aromatic carbocycles. The molecule has 0 bridgehead atoms. The monoisotopic (exact) mass is 257 g/mol. The molecular weight excluding hydrogens is 238 g/mol. The Balaban J connectivity index is 2.36. The zero-order chi connectivity index (χ0) is 13.8. The Morgan fingerprint density at radius 3 is 2.79 bits per heavy atom. The van der Waals surface area contributed by atoms with E-state index in [-0.39, 0.29) is 6.04 Å². The van der Waals surface area contributed by atoms with Gasteiger partial charge in [0.1, 0.15) is 0 Å². The van der Waals surface area contributed by atoms with Gasteiger partial charge in [-0.3, -0.25) is 4.98 Å². The quantitative estimate of drug-likeness (QED) is 0.914. The standard InChI is InChI=1S/C15H19N3O/c1-4-13-14(8-7-10(2)18-13)19-15-12(11(3)16)6-5-9-17-15/h5-9,11H,4,16H2,1-3H3/t11-/m1/s1. The highest BCUT2D eigenvalue weighted by Crippen LogP contribution is 2.28. The Labute approximate surface area is 113 Å². The van der Waals surface area contributed by atoms with Crippen LogP contribution in [0.2, 0.25) is 0 Å². The van der Waals surface area contributed by atoms with E-state index in [9.17, 15) is 0 Å². The molecule has 0 radical (unpaired) electrons. The van der Waals surface area contributed by atoms with Gasteiger partial charge in [0, 0.05) is 23.5 Å². The average molecular weight is 257 g/mol. The largest absolute Gasteiger partial charge is 0.437 e. The van der Waals surface area contributed by atoms with Crippen molar-refractivity contribution in [1.82, 2.24) is 9.97 Å². The van der Waals surface area contributed by atoms with Gasteiger partial charge < -0.3 is 10.5 Å². The van der Waals surface area contributed by atoms with E-state index in [1.807, 2.05) is 38.1 Å². The molecular formula is C15H19N3O. The fourth-order valence-corrected chi connectivity index (χ4v) is 1.88. The van der Waals surface area contributed by atoms with Crippen molar-refractivity contribution in [1.29, 1.82) is 0 Å². The van der Waals surface area contributed by atoms with Crippen LogP contribution in [-0.4, -0.2) is 9.97 Å². The van der Waals surface area contributed by atoms with Gasteiger partial charge in [0.15, 0.2) is 5.75 Å². The van der Waals surface area contributed by atoms with Crippen LogP contribution in [0, 0.1) is 6.92 Å². The average Bonchev–Trinajstić information content (AvgIpc) is 2.41. The van der Waals surface area contributed by atoms with E-state index in [4.69, 9.17) is 10.5 Å². The van der Waals surface area contributed by atoms with E-state index in [1.165, 1.54) is 0 Å². The maximum Gasteiger partial charge on any atom is 0.224 e. The van der Waals surface area contributed by atoms with Gasteiger partial charge in [-0.05, 0) is 38.5 Å². The smallest absolute Gasteiger partial charge is 0.224 e. The number of aromatic nitrogens is 2. The van der Waals surface area contributed by atoms with Crippen LogP contribution in [0.5, 0.6) is 11.6 Å².